The number of aromatic nitrogens is 2. The Morgan fingerprint density at radius 3 is 2.30 bits per heavy atom. The molecule has 6 rings (SSSR count). The third-order valence-electron chi connectivity index (χ3n) is 7.77. The van der Waals surface area contributed by atoms with Crippen molar-refractivity contribution in [3.8, 4) is 17.2 Å². The van der Waals surface area contributed by atoms with Crippen LogP contribution in [0.5, 0.6) is 17.2 Å². The number of pyridine rings is 2. The molecule has 0 radical (unpaired) electrons. The van der Waals surface area contributed by atoms with Gasteiger partial charge in [0, 0.05) is 74.5 Å². The molecule has 192 valence electrons. The highest BCUT2D eigenvalue weighted by molar-refractivity contribution is 5.97. The summed E-state index contributed by atoms with van der Waals surface area (Å²) in [5.41, 5.74) is 2.89. The lowest BCUT2D eigenvalue weighted by atomic mass is 10.00. The number of ether oxygens (including phenoxy) is 1. The van der Waals surface area contributed by atoms with E-state index in [9.17, 15) is 14.6 Å². The second-order valence-corrected chi connectivity index (χ2v) is 9.72. The highest BCUT2D eigenvalue weighted by atomic mass is 19.1. The second-order valence-electron chi connectivity index (χ2n) is 9.72. The van der Waals surface area contributed by atoms with Crippen molar-refractivity contribution in [2.75, 3.05) is 56.2 Å². The number of anilines is 2. The average Bonchev–Trinajstić information content (AvgIpc) is 2.96. The Balaban J connectivity index is 1.15. The van der Waals surface area contributed by atoms with Gasteiger partial charge >= 0.3 is 0 Å². The first-order valence-electron chi connectivity index (χ1n) is 12.7. The zero-order chi connectivity index (χ0) is 25.5. The Morgan fingerprint density at radius 2 is 1.57 bits per heavy atom. The van der Waals surface area contributed by atoms with Crippen molar-refractivity contribution in [3.63, 3.8) is 0 Å². The molecule has 2 aromatic carbocycles. The lowest BCUT2D eigenvalue weighted by molar-refractivity contribution is 0.160. The van der Waals surface area contributed by atoms with Crippen molar-refractivity contribution in [2.24, 2.45) is 0 Å². The fourth-order valence-electron chi connectivity index (χ4n) is 5.81. The average molecular weight is 504 g/mol. The molecule has 2 N–H and O–H groups in total. The van der Waals surface area contributed by atoms with E-state index in [2.05, 4.69) is 31.9 Å². The minimum absolute atomic E-state index is 0.214. The van der Waals surface area contributed by atoms with Crippen LogP contribution in [0, 0.1) is 5.82 Å². The van der Waals surface area contributed by atoms with Crippen LogP contribution in [0.1, 0.15) is 12.8 Å². The number of hydrogen-bond donors (Lipinski definition) is 2. The lowest BCUT2D eigenvalue weighted by Crippen LogP contribution is -2.53. The predicted octanol–water partition coefficient (Wildman–Crippen LogP) is 4.13. The Labute approximate surface area is 214 Å². The van der Waals surface area contributed by atoms with Gasteiger partial charge in [-0.1, -0.05) is 6.07 Å². The van der Waals surface area contributed by atoms with Crippen LogP contribution in [-0.2, 0) is 0 Å². The van der Waals surface area contributed by atoms with Crippen LogP contribution in [0.4, 0.5) is 15.8 Å². The van der Waals surface area contributed by atoms with E-state index < -0.39 is 17.3 Å². The Morgan fingerprint density at radius 1 is 0.865 bits per heavy atom. The summed E-state index contributed by atoms with van der Waals surface area (Å²) >= 11 is 0. The number of phenolic OH excluding ortho intramolecular Hbond substituents is 2. The van der Waals surface area contributed by atoms with Crippen molar-refractivity contribution < 1.29 is 19.3 Å². The smallest absolute Gasteiger partial charge is 0.197 e. The molecule has 2 aliphatic heterocycles. The number of hydrogen-bond acceptors (Lipinski definition) is 8. The first-order chi connectivity index (χ1) is 18.0. The topological polar surface area (TPSA) is 85.2 Å². The Hall–Kier alpha value is -3.85. The van der Waals surface area contributed by atoms with Crippen LogP contribution in [0.25, 0.3) is 21.8 Å². The van der Waals surface area contributed by atoms with Gasteiger partial charge in [-0.25, -0.2) is 4.39 Å². The largest absolute Gasteiger partial charge is 0.503 e. The third kappa shape index (κ3) is 4.13. The number of piperazine rings is 1. The van der Waals surface area contributed by atoms with E-state index in [0.717, 1.165) is 61.4 Å². The minimum Gasteiger partial charge on any atom is -0.503 e. The van der Waals surface area contributed by atoms with Gasteiger partial charge in [0.15, 0.2) is 17.3 Å². The molecule has 0 amide bonds. The van der Waals surface area contributed by atoms with Gasteiger partial charge in [-0.3, -0.25) is 14.9 Å². The zero-order valence-corrected chi connectivity index (χ0v) is 20.8. The van der Waals surface area contributed by atoms with Gasteiger partial charge in [-0.2, -0.15) is 0 Å². The molecule has 0 spiro atoms. The maximum Gasteiger partial charge on any atom is 0.197 e. The van der Waals surface area contributed by atoms with Crippen molar-refractivity contribution in [2.45, 2.75) is 18.9 Å². The van der Waals surface area contributed by atoms with Crippen molar-refractivity contribution >= 4 is 33.2 Å². The minimum atomic E-state index is -0.837. The molecular formula is C28H30FN5O3. The van der Waals surface area contributed by atoms with Crippen LogP contribution >= 0.6 is 0 Å². The summed E-state index contributed by atoms with van der Waals surface area (Å²) in [4.78, 5) is 15.9. The van der Waals surface area contributed by atoms with E-state index >= 15 is 0 Å². The van der Waals surface area contributed by atoms with E-state index in [4.69, 9.17) is 4.74 Å². The molecule has 9 heteroatoms. The van der Waals surface area contributed by atoms with Crippen LogP contribution in [0.3, 0.4) is 0 Å². The van der Waals surface area contributed by atoms with E-state index in [1.54, 1.807) is 25.4 Å². The molecule has 2 aliphatic rings. The maximum absolute atomic E-state index is 14.5. The standard InChI is InChI=1S/C28H30FN5O3/c1-37-20-16-18-4-2-8-30-24(18)22(17-20)33-14-12-32(13-15-33)19-6-10-34(11-7-19)26-25-21(5-3-9-31-25)23(29)27(35)28(26)36/h2-5,8-9,16-17,19,35-36H,6-7,10-15H2,1H3. The third-order valence-corrected chi connectivity index (χ3v) is 7.77. The molecule has 0 saturated carbocycles. The molecule has 37 heavy (non-hydrogen) atoms. The van der Waals surface area contributed by atoms with Crippen LogP contribution < -0.4 is 14.5 Å². The van der Waals surface area contributed by atoms with Gasteiger partial charge in [-0.05, 0) is 37.1 Å². The Bertz CT molecular complexity index is 1450. The summed E-state index contributed by atoms with van der Waals surface area (Å²) in [7, 11) is 1.69. The quantitative estimate of drug-likeness (QED) is 0.402. The van der Waals surface area contributed by atoms with Crippen LogP contribution in [0.2, 0.25) is 0 Å². The number of rotatable bonds is 4. The Kier molecular flexibility index (Phi) is 6.08. The molecular weight excluding hydrogens is 473 g/mol. The molecule has 2 saturated heterocycles. The summed E-state index contributed by atoms with van der Waals surface area (Å²) in [6, 6.07) is 11.7. The van der Waals surface area contributed by atoms with Gasteiger partial charge in [0.2, 0.25) is 0 Å². The lowest BCUT2D eigenvalue weighted by Gasteiger charge is -2.44. The second kappa shape index (κ2) is 9.55. The summed E-state index contributed by atoms with van der Waals surface area (Å²) in [5, 5.41) is 22.1. The molecule has 8 nitrogen and oxygen atoms in total. The molecule has 4 heterocycles. The number of fused-ring (bicyclic) bond motifs is 2. The summed E-state index contributed by atoms with van der Waals surface area (Å²) in [5.74, 6) is -1.15. The molecule has 0 unspecified atom stereocenters. The van der Waals surface area contributed by atoms with E-state index in [1.165, 1.54) is 0 Å². The maximum atomic E-state index is 14.5. The first kappa shape index (κ1) is 23.5. The fraction of sp³-hybridized carbons (Fsp3) is 0.357. The summed E-state index contributed by atoms with van der Waals surface area (Å²) in [6.07, 6.45) is 5.24. The van der Waals surface area contributed by atoms with E-state index in [1.807, 2.05) is 23.2 Å². The summed E-state index contributed by atoms with van der Waals surface area (Å²) in [6.45, 7) is 5.09. The number of benzene rings is 2. The number of halogens is 1. The monoisotopic (exact) mass is 503 g/mol. The van der Waals surface area contributed by atoms with Gasteiger partial charge in [0.05, 0.1) is 18.3 Å². The van der Waals surface area contributed by atoms with Crippen molar-refractivity contribution in [1.29, 1.82) is 0 Å². The van der Waals surface area contributed by atoms with Gasteiger partial charge in [0.1, 0.15) is 17.0 Å². The summed E-state index contributed by atoms with van der Waals surface area (Å²) < 4.78 is 20.0. The number of phenols is 2. The molecule has 2 fully saturated rings. The number of methoxy groups -OCH3 is 1. The zero-order valence-electron chi connectivity index (χ0n) is 20.8. The molecule has 0 bridgehead atoms. The van der Waals surface area contributed by atoms with E-state index in [0.29, 0.717) is 30.3 Å². The van der Waals surface area contributed by atoms with Crippen LogP contribution in [-0.4, -0.2) is 77.5 Å². The molecule has 2 aromatic heterocycles. The molecule has 0 atom stereocenters. The molecule has 4 aromatic rings. The van der Waals surface area contributed by atoms with Gasteiger partial charge in [0.25, 0.3) is 0 Å². The normalized spacial score (nSPS) is 17.6. The highest BCUT2D eigenvalue weighted by Gasteiger charge is 2.31. The SMILES string of the molecule is COc1cc(N2CCN(C3CCN(c4c(O)c(O)c(F)c5cccnc45)CC3)CC2)c2ncccc2c1. The first-order valence-corrected chi connectivity index (χ1v) is 12.7. The number of piperidine rings is 1. The van der Waals surface area contributed by atoms with Crippen molar-refractivity contribution in [3.05, 3.63) is 54.6 Å². The molecule has 0 aliphatic carbocycles. The number of nitrogens with zero attached hydrogens (tertiary/aromatic N) is 5. The predicted molar refractivity (Wildman–Crippen MR) is 142 cm³/mol. The van der Waals surface area contributed by atoms with Crippen molar-refractivity contribution in [1.82, 2.24) is 14.9 Å². The van der Waals surface area contributed by atoms with Gasteiger partial charge in [-0.15, -0.1) is 0 Å². The van der Waals surface area contributed by atoms with E-state index in [-0.39, 0.29) is 5.39 Å². The van der Waals surface area contributed by atoms with Crippen LogP contribution in [0.15, 0.2) is 48.8 Å². The fourth-order valence-corrected chi connectivity index (χ4v) is 5.81. The highest BCUT2D eigenvalue weighted by Crippen LogP contribution is 2.44. The number of aromatic hydroxyl groups is 2. The van der Waals surface area contributed by atoms with Gasteiger partial charge < -0.3 is 24.7 Å².